The van der Waals surface area contributed by atoms with Gasteiger partial charge in [-0.25, -0.2) is 9.48 Å². The van der Waals surface area contributed by atoms with Crippen molar-refractivity contribution < 1.29 is 14.3 Å². The smallest absolute Gasteiger partial charge is 0.410 e. The molecule has 3 aromatic rings. The number of para-hydroxylation sites is 1. The summed E-state index contributed by atoms with van der Waals surface area (Å²) < 4.78 is 7.41. The van der Waals surface area contributed by atoms with Crippen molar-refractivity contribution >= 4 is 17.7 Å². The second kappa shape index (κ2) is 10.3. The van der Waals surface area contributed by atoms with E-state index in [9.17, 15) is 9.59 Å². The van der Waals surface area contributed by atoms with Gasteiger partial charge in [0.15, 0.2) is 0 Å². The number of benzene rings is 2. The minimum atomic E-state index is -0.528. The molecule has 0 bridgehead atoms. The van der Waals surface area contributed by atoms with E-state index in [1.54, 1.807) is 11.1 Å². The number of hydrogen-bond donors (Lipinski definition) is 1. The lowest BCUT2D eigenvalue weighted by atomic mass is 9.90. The second-order valence-corrected chi connectivity index (χ2v) is 9.94. The summed E-state index contributed by atoms with van der Waals surface area (Å²) in [4.78, 5) is 27.7. The van der Waals surface area contributed by atoms with E-state index >= 15 is 0 Å². The highest BCUT2D eigenvalue weighted by Gasteiger charge is 2.32. The maximum atomic E-state index is 13.4. The predicted octanol–water partition coefficient (Wildman–Crippen LogP) is 5.80. The molecule has 2 amide bonds. The van der Waals surface area contributed by atoms with Crippen LogP contribution in [0.5, 0.6) is 0 Å². The van der Waals surface area contributed by atoms with Gasteiger partial charge in [-0.15, -0.1) is 0 Å². The van der Waals surface area contributed by atoms with Crippen LogP contribution >= 0.6 is 0 Å². The Morgan fingerprint density at radius 1 is 1.06 bits per heavy atom. The minimum Gasteiger partial charge on any atom is -0.444 e. The Kier molecular flexibility index (Phi) is 7.24. The quantitative estimate of drug-likeness (QED) is 0.507. The molecule has 1 N–H and O–H groups in total. The number of nitrogens with zero attached hydrogens (tertiary/aromatic N) is 3. The largest absolute Gasteiger partial charge is 0.444 e. The third-order valence-corrected chi connectivity index (χ3v) is 6.18. The van der Waals surface area contributed by atoms with Gasteiger partial charge < -0.3 is 15.0 Å². The summed E-state index contributed by atoms with van der Waals surface area (Å²) in [5.74, 6) is -0.0934. The molecule has 0 spiro atoms. The number of ether oxygens (including phenoxy) is 1. The standard InChI is InChI=1S/C28H34N4O3/c1-5-20-10-9-11-22(18-20)30-26(33)24-19-29-32(23-12-7-6-8-13-23)25(24)21-14-16-31(17-15-21)27(34)35-28(2,3)4/h6-13,18-19,21H,5,14-17H2,1-4H3,(H,30,33). The number of nitrogens with one attached hydrogen (secondary N) is 1. The van der Waals surface area contributed by atoms with Crippen LogP contribution in [0.2, 0.25) is 0 Å². The molecule has 4 rings (SSSR count). The molecule has 184 valence electrons. The predicted molar refractivity (Wildman–Crippen MR) is 137 cm³/mol. The zero-order chi connectivity index (χ0) is 25.0. The first-order chi connectivity index (χ1) is 16.7. The van der Waals surface area contributed by atoms with Crippen LogP contribution in [0, 0.1) is 0 Å². The fourth-order valence-electron chi connectivity index (χ4n) is 4.43. The average molecular weight is 475 g/mol. The Hall–Kier alpha value is -3.61. The third-order valence-electron chi connectivity index (χ3n) is 6.18. The fourth-order valence-corrected chi connectivity index (χ4v) is 4.43. The zero-order valence-electron chi connectivity index (χ0n) is 21.0. The SMILES string of the molecule is CCc1cccc(NC(=O)c2cnn(-c3ccccc3)c2C2CCN(C(=O)OC(C)(C)C)CC2)c1. The highest BCUT2D eigenvalue weighted by Crippen LogP contribution is 2.33. The molecule has 0 atom stereocenters. The van der Waals surface area contributed by atoms with Crippen molar-refractivity contribution in [3.8, 4) is 5.69 Å². The summed E-state index contributed by atoms with van der Waals surface area (Å²) in [5, 5.41) is 7.66. The van der Waals surface area contributed by atoms with Gasteiger partial charge in [-0.3, -0.25) is 4.79 Å². The van der Waals surface area contributed by atoms with Crippen molar-refractivity contribution in [2.24, 2.45) is 0 Å². The lowest BCUT2D eigenvalue weighted by molar-refractivity contribution is 0.0203. The Bertz CT molecular complexity index is 1170. The van der Waals surface area contributed by atoms with Gasteiger partial charge >= 0.3 is 6.09 Å². The number of hydrogen-bond acceptors (Lipinski definition) is 4. The molecule has 0 aliphatic carbocycles. The number of piperidine rings is 1. The molecule has 7 heteroatoms. The molecule has 1 fully saturated rings. The Labute approximate surface area is 207 Å². The molecule has 2 heterocycles. The fraction of sp³-hybridized carbons (Fsp3) is 0.393. The van der Waals surface area contributed by atoms with E-state index in [1.807, 2.05) is 80.1 Å². The Morgan fingerprint density at radius 3 is 2.43 bits per heavy atom. The zero-order valence-corrected chi connectivity index (χ0v) is 21.0. The molecule has 7 nitrogen and oxygen atoms in total. The molecule has 1 saturated heterocycles. The summed E-state index contributed by atoms with van der Waals surface area (Å²) in [6.07, 6.45) is 3.71. The maximum absolute atomic E-state index is 13.4. The number of anilines is 1. The van der Waals surface area contributed by atoms with Crippen molar-refractivity contribution in [1.82, 2.24) is 14.7 Å². The number of carbonyl (C=O) groups excluding carboxylic acids is 2. The van der Waals surface area contributed by atoms with Crippen LogP contribution in [-0.2, 0) is 11.2 Å². The summed E-state index contributed by atoms with van der Waals surface area (Å²) in [5.41, 5.74) is 3.75. The van der Waals surface area contributed by atoms with Gasteiger partial charge in [-0.1, -0.05) is 37.3 Å². The molecule has 1 aliphatic heterocycles. The molecule has 0 radical (unpaired) electrons. The van der Waals surface area contributed by atoms with E-state index < -0.39 is 5.60 Å². The summed E-state index contributed by atoms with van der Waals surface area (Å²) in [6.45, 7) is 8.84. The normalized spacial score (nSPS) is 14.6. The van der Waals surface area contributed by atoms with Crippen LogP contribution in [0.15, 0.2) is 60.8 Å². The molecular formula is C28H34N4O3. The number of likely N-dealkylation sites (tertiary alicyclic amines) is 1. The number of amides is 2. The van der Waals surface area contributed by atoms with Gasteiger partial charge in [0.1, 0.15) is 5.60 Å². The van der Waals surface area contributed by atoms with Crippen molar-refractivity contribution in [3.63, 3.8) is 0 Å². The van der Waals surface area contributed by atoms with Crippen molar-refractivity contribution in [3.05, 3.63) is 77.6 Å². The average Bonchev–Trinajstić information content (AvgIpc) is 3.29. The van der Waals surface area contributed by atoms with Gasteiger partial charge in [-0.2, -0.15) is 5.10 Å². The summed E-state index contributed by atoms with van der Waals surface area (Å²) in [7, 11) is 0. The van der Waals surface area contributed by atoms with Gasteiger partial charge in [0.05, 0.1) is 23.1 Å². The molecule has 1 aliphatic rings. The highest BCUT2D eigenvalue weighted by atomic mass is 16.6. The summed E-state index contributed by atoms with van der Waals surface area (Å²) in [6, 6.07) is 17.7. The first kappa shape index (κ1) is 24.5. The monoisotopic (exact) mass is 474 g/mol. The van der Waals surface area contributed by atoms with Gasteiger partial charge in [0.2, 0.25) is 0 Å². The van der Waals surface area contributed by atoms with E-state index in [4.69, 9.17) is 4.74 Å². The van der Waals surface area contributed by atoms with Crippen molar-refractivity contribution in [2.75, 3.05) is 18.4 Å². The van der Waals surface area contributed by atoms with E-state index in [0.29, 0.717) is 18.7 Å². The minimum absolute atomic E-state index is 0.0825. The number of aromatic nitrogens is 2. The van der Waals surface area contributed by atoms with Crippen molar-refractivity contribution in [2.45, 2.75) is 58.5 Å². The van der Waals surface area contributed by atoms with Crippen LogP contribution in [-0.4, -0.2) is 45.4 Å². The topological polar surface area (TPSA) is 76.5 Å². The molecule has 0 saturated carbocycles. The van der Waals surface area contributed by atoms with Gasteiger partial charge in [0, 0.05) is 24.7 Å². The maximum Gasteiger partial charge on any atom is 0.410 e. The second-order valence-electron chi connectivity index (χ2n) is 9.94. The van der Waals surface area contributed by atoms with Gasteiger partial charge in [-0.05, 0) is 69.9 Å². The van der Waals surface area contributed by atoms with Crippen molar-refractivity contribution in [1.29, 1.82) is 0 Å². The first-order valence-corrected chi connectivity index (χ1v) is 12.3. The Morgan fingerprint density at radius 2 is 1.77 bits per heavy atom. The van der Waals surface area contributed by atoms with Crippen LogP contribution in [0.25, 0.3) is 5.69 Å². The van der Waals surface area contributed by atoms with Crippen LogP contribution in [0.4, 0.5) is 10.5 Å². The molecule has 2 aromatic carbocycles. The van der Waals surface area contributed by atoms with Crippen LogP contribution in [0.1, 0.15) is 68.1 Å². The lowest BCUT2D eigenvalue weighted by Crippen LogP contribution is -2.41. The lowest BCUT2D eigenvalue weighted by Gasteiger charge is -2.34. The summed E-state index contributed by atoms with van der Waals surface area (Å²) >= 11 is 0. The Balaban J connectivity index is 1.59. The van der Waals surface area contributed by atoms with E-state index in [-0.39, 0.29) is 17.9 Å². The number of rotatable bonds is 5. The molecule has 1 aromatic heterocycles. The molecule has 35 heavy (non-hydrogen) atoms. The van der Waals surface area contributed by atoms with E-state index in [2.05, 4.69) is 17.3 Å². The number of carbonyl (C=O) groups is 2. The molecule has 0 unspecified atom stereocenters. The van der Waals surface area contributed by atoms with Crippen LogP contribution < -0.4 is 5.32 Å². The van der Waals surface area contributed by atoms with Gasteiger partial charge in [0.25, 0.3) is 5.91 Å². The van der Waals surface area contributed by atoms with Crippen LogP contribution in [0.3, 0.4) is 0 Å². The number of aryl methyl sites for hydroxylation is 1. The molecular weight excluding hydrogens is 440 g/mol. The first-order valence-electron chi connectivity index (χ1n) is 12.3. The van der Waals surface area contributed by atoms with E-state index in [1.165, 1.54) is 0 Å². The van der Waals surface area contributed by atoms with E-state index in [0.717, 1.165) is 41.9 Å². The highest BCUT2D eigenvalue weighted by molar-refractivity contribution is 6.05. The third kappa shape index (κ3) is 5.91.